The molecule has 0 unspecified atom stereocenters. The Labute approximate surface area is 345 Å². The van der Waals surface area contributed by atoms with Crippen LogP contribution in [0.2, 0.25) is 0 Å². The molecule has 324 valence electrons. The molecule has 0 saturated carbocycles. The third-order valence-corrected chi connectivity index (χ3v) is 12.2. The van der Waals surface area contributed by atoms with E-state index in [2.05, 4.69) is 15.6 Å². The largest absolute Gasteiger partial charge is 0.443 e. The molecular weight excluding hydrogens is 741 g/mol. The van der Waals surface area contributed by atoms with Crippen LogP contribution in [0.4, 0.5) is 4.79 Å². The smallest absolute Gasteiger partial charge is 0.417 e. The van der Waals surface area contributed by atoms with Gasteiger partial charge in [0, 0.05) is 44.9 Å². The van der Waals surface area contributed by atoms with Crippen LogP contribution < -0.4 is 10.6 Å². The lowest BCUT2D eigenvalue weighted by molar-refractivity contribution is -0.149. The molecule has 3 heterocycles. The van der Waals surface area contributed by atoms with Crippen molar-refractivity contribution in [2.75, 3.05) is 34.4 Å². The number of likely N-dealkylation sites (N-methyl/N-ethyl adjacent to an activating group) is 1. The minimum Gasteiger partial charge on any atom is -0.443 e. The van der Waals surface area contributed by atoms with Gasteiger partial charge in [0.05, 0.1) is 48.7 Å². The molecule has 2 aliphatic heterocycles. The predicted molar refractivity (Wildman–Crippen MR) is 224 cm³/mol. The van der Waals surface area contributed by atoms with Gasteiger partial charge in [-0.2, -0.15) is 0 Å². The monoisotopic (exact) mass is 811 g/mol. The highest BCUT2D eigenvalue weighted by Gasteiger charge is 2.45. The summed E-state index contributed by atoms with van der Waals surface area (Å²) in [7, 11) is 4.81. The Morgan fingerprint density at radius 1 is 1.02 bits per heavy atom. The summed E-state index contributed by atoms with van der Waals surface area (Å²) in [4.78, 5) is 78.0. The number of rotatable bonds is 17. The maximum Gasteiger partial charge on any atom is 0.417 e. The first kappa shape index (κ1) is 46.7. The average Bonchev–Trinajstić information content (AvgIpc) is 3.95. The lowest BCUT2D eigenvalue weighted by Crippen LogP contribution is -2.61. The number of carbonyl (C=O) groups excluding carboxylic acids is 5. The van der Waals surface area contributed by atoms with Crippen LogP contribution in [-0.4, -0.2) is 125 Å². The van der Waals surface area contributed by atoms with Crippen LogP contribution in [-0.2, 0) is 39.9 Å². The number of fused-ring (bicyclic) bond motifs is 1. The van der Waals surface area contributed by atoms with Crippen molar-refractivity contribution in [3.8, 4) is 0 Å². The normalized spacial score (nSPS) is 21.6. The maximum absolute atomic E-state index is 14.4. The second-order valence-electron chi connectivity index (χ2n) is 17.9. The highest BCUT2D eigenvalue weighted by atomic mass is 16.6. The third kappa shape index (κ3) is 10.8. The molecule has 2 fully saturated rings. The van der Waals surface area contributed by atoms with Gasteiger partial charge in [-0.25, -0.2) is 9.69 Å². The molecule has 3 N–H and O–H groups in total. The number of imide groups is 1. The van der Waals surface area contributed by atoms with Crippen molar-refractivity contribution in [1.29, 1.82) is 0 Å². The Balaban J connectivity index is 1.54. The van der Waals surface area contributed by atoms with E-state index in [0.717, 1.165) is 40.8 Å². The Hall–Kier alpha value is -4.01. The zero-order chi connectivity index (χ0) is 43.1. The quantitative estimate of drug-likeness (QED) is 0.184. The number of aromatic nitrogens is 1. The highest BCUT2D eigenvalue weighted by Crippen LogP contribution is 2.31. The number of hydrogen-bond donors (Lipinski definition) is 3. The Bertz CT molecular complexity index is 1730. The number of hydrogen-bond acceptors (Lipinski definition) is 9. The standard InChI is InChI=1S/C44H70N6O8/c1-13-28(4)37(48(10)40(53)36(27(2)3)47-41(54)44(9)21-17-22-46-44)34(56-11)24-35(51)49-23-16-20-33(49)38(57-12)29(5)39(52)50(42(55)58-43(6,7)8)26-30-25-45-32-19-15-14-18-31(30)32/h14-15,18-19,25,27-29,33-34,36-38,45-46H,13,16-17,20-24,26H2,1-12H3,(H,47,54)/t28-,29+,33-,34+,36-,37-,38+,44-/m0/s1. The van der Waals surface area contributed by atoms with E-state index in [4.69, 9.17) is 14.2 Å². The lowest BCUT2D eigenvalue weighted by Gasteiger charge is -2.41. The average molecular weight is 811 g/mol. The minimum absolute atomic E-state index is 0.0102. The van der Waals surface area contributed by atoms with Gasteiger partial charge in [0.15, 0.2) is 0 Å². The van der Waals surface area contributed by atoms with Gasteiger partial charge < -0.3 is 39.6 Å². The van der Waals surface area contributed by atoms with Crippen molar-refractivity contribution in [3.63, 3.8) is 0 Å². The fourth-order valence-corrected chi connectivity index (χ4v) is 8.65. The first-order valence-electron chi connectivity index (χ1n) is 21.1. The van der Waals surface area contributed by atoms with E-state index in [1.807, 2.05) is 58.9 Å². The number of likely N-dealkylation sites (tertiary alicyclic amines) is 1. The summed E-state index contributed by atoms with van der Waals surface area (Å²) in [5, 5.41) is 7.21. The molecule has 8 atom stereocenters. The summed E-state index contributed by atoms with van der Waals surface area (Å²) in [5.41, 5.74) is 0.0760. The molecule has 0 bridgehead atoms. The number of nitrogens with zero attached hydrogens (tertiary/aromatic N) is 3. The van der Waals surface area contributed by atoms with Crippen molar-refractivity contribution < 1.29 is 38.2 Å². The number of para-hydroxylation sites is 1. The summed E-state index contributed by atoms with van der Waals surface area (Å²) in [5.74, 6) is -2.13. The first-order valence-corrected chi connectivity index (χ1v) is 21.1. The molecule has 4 rings (SSSR count). The number of nitrogens with one attached hydrogen (secondary N) is 3. The van der Waals surface area contributed by atoms with Crippen LogP contribution in [0.1, 0.15) is 106 Å². The molecular formula is C44H70N6O8. The van der Waals surface area contributed by atoms with E-state index >= 15 is 0 Å². The summed E-state index contributed by atoms with van der Waals surface area (Å²) in [6, 6.07) is 5.99. The van der Waals surface area contributed by atoms with Crippen molar-refractivity contribution in [1.82, 2.24) is 30.3 Å². The fourth-order valence-electron chi connectivity index (χ4n) is 8.65. The number of carbonyl (C=O) groups is 5. The van der Waals surface area contributed by atoms with Crippen LogP contribution in [0.3, 0.4) is 0 Å². The number of amides is 5. The zero-order valence-corrected chi connectivity index (χ0v) is 37.0. The van der Waals surface area contributed by atoms with Gasteiger partial charge in [-0.05, 0) is 83.4 Å². The molecule has 2 aliphatic rings. The van der Waals surface area contributed by atoms with E-state index in [-0.39, 0.29) is 42.5 Å². The Kier molecular flexibility index (Phi) is 16.0. The molecule has 58 heavy (non-hydrogen) atoms. The number of H-pyrrole nitrogens is 1. The summed E-state index contributed by atoms with van der Waals surface area (Å²) < 4.78 is 17.8. The highest BCUT2D eigenvalue weighted by molar-refractivity contribution is 5.95. The van der Waals surface area contributed by atoms with E-state index < -0.39 is 59.4 Å². The summed E-state index contributed by atoms with van der Waals surface area (Å²) in [6.07, 6.45) is 3.25. The van der Waals surface area contributed by atoms with E-state index in [1.165, 1.54) is 7.11 Å². The Morgan fingerprint density at radius 3 is 2.29 bits per heavy atom. The van der Waals surface area contributed by atoms with Crippen molar-refractivity contribution in [2.45, 2.75) is 149 Å². The van der Waals surface area contributed by atoms with Crippen LogP contribution >= 0.6 is 0 Å². The van der Waals surface area contributed by atoms with Gasteiger partial charge >= 0.3 is 6.09 Å². The second kappa shape index (κ2) is 19.8. The van der Waals surface area contributed by atoms with Gasteiger partial charge in [-0.1, -0.05) is 59.2 Å². The predicted octanol–water partition coefficient (Wildman–Crippen LogP) is 5.63. The molecule has 0 spiro atoms. The van der Waals surface area contributed by atoms with E-state index in [1.54, 1.807) is 57.8 Å². The molecule has 2 saturated heterocycles. The SMILES string of the molecule is CC[C@H](C)[C@@H]([C@@H](CC(=O)N1CCC[C@H]1[C@H](OC)[C@@H](C)C(=O)N(Cc1c[nH]c2ccccc12)C(=O)OC(C)(C)C)OC)N(C)C(=O)[C@@H](NC(=O)[C@]1(C)CCCN1)C(C)C. The van der Waals surface area contributed by atoms with Gasteiger partial charge in [0.1, 0.15) is 11.6 Å². The molecule has 1 aromatic heterocycles. The lowest BCUT2D eigenvalue weighted by atomic mass is 9.89. The number of ether oxygens (including phenoxy) is 3. The molecule has 0 radical (unpaired) electrons. The molecule has 14 nitrogen and oxygen atoms in total. The van der Waals surface area contributed by atoms with Crippen LogP contribution in [0.5, 0.6) is 0 Å². The number of aromatic amines is 1. The number of benzene rings is 1. The van der Waals surface area contributed by atoms with Crippen LogP contribution in [0, 0.1) is 17.8 Å². The van der Waals surface area contributed by atoms with Crippen molar-refractivity contribution in [2.24, 2.45) is 17.8 Å². The van der Waals surface area contributed by atoms with E-state index in [9.17, 15) is 24.0 Å². The third-order valence-electron chi connectivity index (χ3n) is 12.2. The van der Waals surface area contributed by atoms with Crippen molar-refractivity contribution >= 4 is 40.6 Å². The van der Waals surface area contributed by atoms with Crippen LogP contribution in [0.25, 0.3) is 10.9 Å². The van der Waals surface area contributed by atoms with Gasteiger partial charge in [-0.3, -0.25) is 19.2 Å². The molecule has 5 amide bonds. The number of methoxy groups -OCH3 is 2. The van der Waals surface area contributed by atoms with Crippen molar-refractivity contribution in [3.05, 3.63) is 36.0 Å². The molecule has 1 aromatic carbocycles. The van der Waals surface area contributed by atoms with Gasteiger partial charge in [-0.15, -0.1) is 0 Å². The summed E-state index contributed by atoms with van der Waals surface area (Å²) in [6.45, 7) is 18.0. The zero-order valence-electron chi connectivity index (χ0n) is 37.0. The van der Waals surface area contributed by atoms with E-state index in [0.29, 0.717) is 25.8 Å². The topological polar surface area (TPSA) is 163 Å². The Morgan fingerprint density at radius 2 is 1.71 bits per heavy atom. The molecule has 0 aliphatic carbocycles. The fraction of sp³-hybridized carbons (Fsp3) is 0.705. The molecule has 2 aromatic rings. The van der Waals surface area contributed by atoms with Gasteiger partial charge in [0.2, 0.25) is 23.6 Å². The summed E-state index contributed by atoms with van der Waals surface area (Å²) >= 11 is 0. The minimum atomic E-state index is -0.840. The molecule has 14 heteroatoms. The van der Waals surface area contributed by atoms with Gasteiger partial charge in [0.25, 0.3) is 0 Å². The maximum atomic E-state index is 14.4. The second-order valence-corrected chi connectivity index (χ2v) is 17.9. The first-order chi connectivity index (χ1) is 27.3. The van der Waals surface area contributed by atoms with Crippen LogP contribution in [0.15, 0.2) is 30.5 Å².